The van der Waals surface area contributed by atoms with Crippen molar-refractivity contribution < 1.29 is 9.59 Å². The molecule has 0 aliphatic carbocycles. The smallest absolute Gasteiger partial charge is 0.272 e. The minimum absolute atomic E-state index is 0.0289. The molecule has 1 unspecified atom stereocenters. The van der Waals surface area contributed by atoms with Crippen LogP contribution in [0.5, 0.6) is 0 Å². The van der Waals surface area contributed by atoms with Crippen molar-refractivity contribution in [3.8, 4) is 0 Å². The first-order chi connectivity index (χ1) is 12.0. The summed E-state index contributed by atoms with van der Waals surface area (Å²) >= 11 is 0. The summed E-state index contributed by atoms with van der Waals surface area (Å²) in [7, 11) is 1.72. The number of nitrogens with zero attached hydrogens (tertiary/aromatic N) is 3. The number of carbonyl (C=O) groups is 2. The van der Waals surface area contributed by atoms with Crippen LogP contribution in [-0.2, 0) is 10.2 Å². The predicted octanol–water partition coefficient (Wildman–Crippen LogP) is 1.56. The predicted molar refractivity (Wildman–Crippen MR) is 93.6 cm³/mol. The fourth-order valence-electron chi connectivity index (χ4n) is 3.71. The van der Waals surface area contributed by atoms with E-state index in [1.54, 1.807) is 18.0 Å². The van der Waals surface area contributed by atoms with E-state index in [0.717, 1.165) is 16.9 Å². The Morgan fingerprint density at radius 3 is 2.92 bits per heavy atom. The molecule has 1 aromatic heterocycles. The highest BCUT2D eigenvalue weighted by atomic mass is 16.2. The molecule has 2 N–H and O–H groups in total. The quantitative estimate of drug-likeness (QED) is 0.868. The second kappa shape index (κ2) is 5.54. The molecule has 0 radical (unpaired) electrons. The van der Waals surface area contributed by atoms with E-state index in [1.165, 1.54) is 0 Å². The fourth-order valence-corrected chi connectivity index (χ4v) is 3.71. The number of hydrogen-bond donors (Lipinski definition) is 2. The molecule has 7 nitrogen and oxygen atoms in total. The zero-order valence-electron chi connectivity index (χ0n) is 14.2. The lowest BCUT2D eigenvalue weighted by atomic mass is 9.81. The molecule has 2 aliphatic heterocycles. The molecule has 1 aromatic carbocycles. The van der Waals surface area contributed by atoms with E-state index in [9.17, 15) is 9.59 Å². The van der Waals surface area contributed by atoms with Gasteiger partial charge in [0.05, 0.1) is 5.41 Å². The Kier molecular flexibility index (Phi) is 3.45. The average molecular weight is 337 g/mol. The van der Waals surface area contributed by atoms with E-state index in [1.807, 2.05) is 31.2 Å². The van der Waals surface area contributed by atoms with Gasteiger partial charge in [0.25, 0.3) is 5.91 Å². The Labute approximate surface area is 145 Å². The fraction of sp³-hybridized carbons (Fsp3) is 0.333. The maximum atomic E-state index is 12.9. The third-order valence-electron chi connectivity index (χ3n) is 4.98. The van der Waals surface area contributed by atoms with Gasteiger partial charge in [-0.25, -0.2) is 9.97 Å². The summed E-state index contributed by atoms with van der Waals surface area (Å²) in [4.78, 5) is 35.7. The number of hydrogen-bond acceptors (Lipinski definition) is 5. The minimum Gasteiger partial charge on any atom is -0.357 e. The number of para-hydroxylation sites is 1. The summed E-state index contributed by atoms with van der Waals surface area (Å²) in [5, 5.41) is 5.81. The summed E-state index contributed by atoms with van der Waals surface area (Å²) in [5.41, 5.74) is 2.24. The van der Waals surface area contributed by atoms with Gasteiger partial charge >= 0.3 is 0 Å². The zero-order chi connectivity index (χ0) is 17.6. The van der Waals surface area contributed by atoms with Gasteiger partial charge in [0.2, 0.25) is 11.9 Å². The van der Waals surface area contributed by atoms with Crippen molar-refractivity contribution in [2.24, 2.45) is 0 Å². The Morgan fingerprint density at radius 2 is 2.12 bits per heavy atom. The topological polar surface area (TPSA) is 87.2 Å². The first-order valence-electron chi connectivity index (χ1n) is 8.27. The molecular formula is C18H19N5O2. The Bertz CT molecular complexity index is 882. The van der Waals surface area contributed by atoms with E-state index >= 15 is 0 Å². The molecule has 1 fully saturated rings. The van der Waals surface area contributed by atoms with Crippen LogP contribution in [0.4, 0.5) is 11.6 Å². The number of rotatable bonds is 2. The van der Waals surface area contributed by atoms with E-state index in [2.05, 4.69) is 20.6 Å². The maximum Gasteiger partial charge on any atom is 0.272 e. The lowest BCUT2D eigenvalue weighted by Crippen LogP contribution is -2.39. The number of fused-ring (bicyclic) bond motifs is 2. The van der Waals surface area contributed by atoms with Crippen molar-refractivity contribution in [3.63, 3.8) is 0 Å². The number of nitrogens with one attached hydrogen (secondary N) is 2. The molecule has 0 bridgehead atoms. The number of aryl methyl sites for hydroxylation is 1. The summed E-state index contributed by atoms with van der Waals surface area (Å²) in [5.74, 6) is 0.219. The number of benzene rings is 1. The van der Waals surface area contributed by atoms with Crippen LogP contribution in [0.3, 0.4) is 0 Å². The highest BCUT2D eigenvalue weighted by molar-refractivity contribution is 6.07. The van der Waals surface area contributed by atoms with Gasteiger partial charge in [-0.2, -0.15) is 0 Å². The van der Waals surface area contributed by atoms with E-state index < -0.39 is 5.41 Å². The molecule has 4 rings (SSSR count). The first-order valence-corrected chi connectivity index (χ1v) is 8.27. The van der Waals surface area contributed by atoms with Crippen molar-refractivity contribution in [2.45, 2.75) is 18.8 Å². The Balaban J connectivity index is 1.64. The van der Waals surface area contributed by atoms with Gasteiger partial charge in [0.15, 0.2) is 0 Å². The summed E-state index contributed by atoms with van der Waals surface area (Å²) in [6.45, 7) is 2.72. The second-order valence-corrected chi connectivity index (χ2v) is 6.53. The van der Waals surface area contributed by atoms with Crippen molar-refractivity contribution in [1.29, 1.82) is 0 Å². The molecule has 2 aliphatic rings. The highest BCUT2D eigenvalue weighted by Gasteiger charge is 2.52. The first kappa shape index (κ1) is 15.6. The summed E-state index contributed by atoms with van der Waals surface area (Å²) in [6, 6.07) is 9.38. The van der Waals surface area contributed by atoms with Crippen molar-refractivity contribution >= 4 is 23.5 Å². The van der Waals surface area contributed by atoms with Gasteiger partial charge < -0.3 is 15.5 Å². The summed E-state index contributed by atoms with van der Waals surface area (Å²) < 4.78 is 0. The normalized spacial score (nSPS) is 21.4. The molecule has 3 heterocycles. The van der Waals surface area contributed by atoms with Gasteiger partial charge in [0, 0.05) is 31.5 Å². The standard InChI is InChI=1S/C18H19N5O2/c1-11-9-14(22-17(19-2)20-11)15(24)23-8-7-18(10-23)12-5-3-4-6-13(12)21-16(18)25/h3-6,9H,7-8,10H2,1-2H3,(H,21,25)(H,19,20,22). The van der Waals surface area contributed by atoms with E-state index in [4.69, 9.17) is 0 Å². The Hall–Kier alpha value is -2.96. The molecule has 7 heteroatoms. The molecule has 1 spiro atoms. The lowest BCUT2D eigenvalue weighted by molar-refractivity contribution is -0.120. The zero-order valence-corrected chi connectivity index (χ0v) is 14.2. The minimum atomic E-state index is -0.653. The molecule has 25 heavy (non-hydrogen) atoms. The van der Waals surface area contributed by atoms with Crippen LogP contribution in [0.1, 0.15) is 28.2 Å². The van der Waals surface area contributed by atoms with Gasteiger partial charge in [-0.1, -0.05) is 18.2 Å². The van der Waals surface area contributed by atoms with Gasteiger partial charge in [-0.15, -0.1) is 0 Å². The van der Waals surface area contributed by atoms with Gasteiger partial charge in [-0.05, 0) is 31.0 Å². The second-order valence-electron chi connectivity index (χ2n) is 6.53. The largest absolute Gasteiger partial charge is 0.357 e. The third kappa shape index (κ3) is 2.34. The van der Waals surface area contributed by atoms with Crippen LogP contribution < -0.4 is 10.6 Å². The third-order valence-corrected chi connectivity index (χ3v) is 4.98. The molecule has 1 atom stereocenters. The van der Waals surface area contributed by atoms with E-state index in [0.29, 0.717) is 31.2 Å². The van der Waals surface area contributed by atoms with Crippen LogP contribution in [-0.4, -0.2) is 46.8 Å². The van der Waals surface area contributed by atoms with E-state index in [-0.39, 0.29) is 11.8 Å². The number of aromatic nitrogens is 2. The monoisotopic (exact) mass is 337 g/mol. The molecular weight excluding hydrogens is 318 g/mol. The maximum absolute atomic E-state index is 12.9. The Morgan fingerprint density at radius 1 is 1.32 bits per heavy atom. The average Bonchev–Trinajstić information content (AvgIpc) is 3.18. The van der Waals surface area contributed by atoms with Gasteiger partial charge in [0.1, 0.15) is 5.69 Å². The van der Waals surface area contributed by atoms with Crippen LogP contribution in [0.15, 0.2) is 30.3 Å². The van der Waals surface area contributed by atoms with Crippen LogP contribution in [0.2, 0.25) is 0 Å². The highest BCUT2D eigenvalue weighted by Crippen LogP contribution is 2.44. The van der Waals surface area contributed by atoms with Gasteiger partial charge in [-0.3, -0.25) is 9.59 Å². The number of likely N-dealkylation sites (tertiary alicyclic amines) is 1. The van der Waals surface area contributed by atoms with Crippen LogP contribution >= 0.6 is 0 Å². The number of anilines is 2. The lowest BCUT2D eigenvalue weighted by Gasteiger charge is -2.22. The van der Waals surface area contributed by atoms with Crippen molar-refractivity contribution in [3.05, 3.63) is 47.3 Å². The molecule has 2 amide bonds. The van der Waals surface area contributed by atoms with Crippen molar-refractivity contribution in [1.82, 2.24) is 14.9 Å². The SMILES string of the molecule is CNc1nc(C)cc(C(=O)N2CCC3(C2)C(=O)Nc2ccccc23)n1. The molecule has 0 saturated carbocycles. The molecule has 2 aromatic rings. The van der Waals surface area contributed by atoms with Crippen molar-refractivity contribution in [2.75, 3.05) is 30.8 Å². The molecule has 128 valence electrons. The number of carbonyl (C=O) groups excluding carboxylic acids is 2. The van der Waals surface area contributed by atoms with Crippen LogP contribution in [0.25, 0.3) is 0 Å². The van der Waals surface area contributed by atoms with Crippen LogP contribution in [0, 0.1) is 6.92 Å². The molecule has 1 saturated heterocycles. The summed E-state index contributed by atoms with van der Waals surface area (Å²) in [6.07, 6.45) is 0.616. The number of amides is 2.